The number of rotatable bonds is 6. The zero-order valence-corrected chi connectivity index (χ0v) is 12.1. The van der Waals surface area contributed by atoms with Gasteiger partial charge in [0, 0.05) is 26.2 Å². The van der Waals surface area contributed by atoms with Crippen LogP contribution in [0, 0.1) is 10.1 Å². The van der Waals surface area contributed by atoms with E-state index in [1.54, 1.807) is 7.05 Å². The molecule has 1 aromatic rings. The van der Waals surface area contributed by atoms with Crippen LogP contribution >= 0.6 is 22.9 Å². The highest BCUT2D eigenvalue weighted by atomic mass is 35.5. The quantitative estimate of drug-likeness (QED) is 0.628. The highest BCUT2D eigenvalue weighted by Gasteiger charge is 2.28. The Balaban J connectivity index is 3.05. The summed E-state index contributed by atoms with van der Waals surface area (Å²) in [6.07, 6.45) is 0. The molecule has 0 aliphatic carbocycles. The van der Waals surface area contributed by atoms with Crippen molar-refractivity contribution in [3.63, 3.8) is 0 Å². The summed E-state index contributed by atoms with van der Waals surface area (Å²) in [6.45, 7) is 0.749. The molecule has 0 spiro atoms. The van der Waals surface area contributed by atoms with E-state index in [-0.39, 0.29) is 20.8 Å². The van der Waals surface area contributed by atoms with Crippen LogP contribution in [0.15, 0.2) is 10.3 Å². The summed E-state index contributed by atoms with van der Waals surface area (Å²) in [6, 6.07) is 0.984. The summed E-state index contributed by atoms with van der Waals surface area (Å²) in [5.41, 5.74) is -0.387. The normalized spacial score (nSPS) is 12.0. The topological polar surface area (TPSA) is 92.6 Å². The first-order valence-corrected chi connectivity index (χ1v) is 7.48. The van der Waals surface area contributed by atoms with Gasteiger partial charge in [0.25, 0.3) is 15.7 Å². The molecule has 18 heavy (non-hydrogen) atoms. The van der Waals surface area contributed by atoms with Crippen molar-refractivity contribution in [2.45, 2.75) is 4.21 Å². The Morgan fingerprint density at radius 1 is 1.61 bits per heavy atom. The number of thiophene rings is 1. The van der Waals surface area contributed by atoms with Crippen LogP contribution in [0.25, 0.3) is 0 Å². The third kappa shape index (κ3) is 3.18. The second kappa shape index (κ2) is 5.93. The molecule has 1 aromatic heterocycles. The van der Waals surface area contributed by atoms with E-state index in [0.29, 0.717) is 17.9 Å². The van der Waals surface area contributed by atoms with Crippen molar-refractivity contribution in [1.29, 1.82) is 0 Å². The van der Waals surface area contributed by atoms with E-state index in [2.05, 4.69) is 5.32 Å². The van der Waals surface area contributed by atoms with Crippen molar-refractivity contribution in [1.82, 2.24) is 9.62 Å². The van der Waals surface area contributed by atoms with Gasteiger partial charge in [-0.15, -0.1) is 11.3 Å². The van der Waals surface area contributed by atoms with Crippen LogP contribution in [0.5, 0.6) is 0 Å². The van der Waals surface area contributed by atoms with Gasteiger partial charge in [-0.1, -0.05) is 11.6 Å². The van der Waals surface area contributed by atoms with Crippen LogP contribution in [-0.4, -0.2) is 44.8 Å². The molecule has 0 aliphatic heterocycles. The maximum absolute atomic E-state index is 12.1. The Labute approximate surface area is 114 Å². The number of hydrogen-bond donors (Lipinski definition) is 1. The lowest BCUT2D eigenvalue weighted by Gasteiger charge is -2.15. The molecule has 0 aromatic carbocycles. The number of sulfonamides is 1. The lowest BCUT2D eigenvalue weighted by Crippen LogP contribution is -2.32. The zero-order chi connectivity index (χ0) is 13.9. The number of halogens is 1. The summed E-state index contributed by atoms with van der Waals surface area (Å²) in [5.74, 6) is 0. The lowest BCUT2D eigenvalue weighted by atomic mass is 10.6. The summed E-state index contributed by atoms with van der Waals surface area (Å²) < 4.78 is 25.0. The van der Waals surface area contributed by atoms with Gasteiger partial charge in [0.1, 0.15) is 4.21 Å². The smallest absolute Gasteiger partial charge is 0.300 e. The molecular formula is C8H12ClN3O4S2. The summed E-state index contributed by atoms with van der Waals surface area (Å²) >= 11 is 6.32. The second-order valence-electron chi connectivity index (χ2n) is 3.41. The monoisotopic (exact) mass is 313 g/mol. The third-order valence-electron chi connectivity index (χ3n) is 2.18. The molecule has 0 atom stereocenters. The van der Waals surface area contributed by atoms with Crippen molar-refractivity contribution in [2.75, 3.05) is 27.2 Å². The third-order valence-corrected chi connectivity index (χ3v) is 5.83. The fourth-order valence-electron chi connectivity index (χ4n) is 1.13. The zero-order valence-electron chi connectivity index (χ0n) is 9.71. The summed E-state index contributed by atoms with van der Waals surface area (Å²) in [5, 5.41) is 13.4. The molecule has 10 heteroatoms. The second-order valence-corrected chi connectivity index (χ2v) is 7.34. The molecular weight excluding hydrogens is 302 g/mol. The minimum Gasteiger partial charge on any atom is -0.318 e. The predicted octanol–water partition coefficient (Wildman–Crippen LogP) is 1.15. The Bertz CT molecular complexity index is 543. The fourth-order valence-corrected chi connectivity index (χ4v) is 4.18. The Hall–Kier alpha value is -0.740. The van der Waals surface area contributed by atoms with Gasteiger partial charge in [-0.25, -0.2) is 8.42 Å². The van der Waals surface area contributed by atoms with Gasteiger partial charge >= 0.3 is 0 Å². The standard InChI is InChI=1S/C8H12ClN3O4S2/c1-10-3-4-11(2)18(15,16)7-5-6(12(13)14)8(9)17-7/h5,10H,3-4H2,1-2H3. The first-order valence-electron chi connectivity index (χ1n) is 4.85. The van der Waals surface area contributed by atoms with Crippen LogP contribution in [-0.2, 0) is 10.0 Å². The van der Waals surface area contributed by atoms with Gasteiger partial charge in [0.05, 0.1) is 4.92 Å². The van der Waals surface area contributed by atoms with Crippen molar-refractivity contribution >= 4 is 38.6 Å². The van der Waals surface area contributed by atoms with Crippen molar-refractivity contribution in [2.24, 2.45) is 0 Å². The molecule has 0 bridgehead atoms. The largest absolute Gasteiger partial charge is 0.318 e. The average molecular weight is 314 g/mol. The summed E-state index contributed by atoms with van der Waals surface area (Å²) in [4.78, 5) is 9.91. The van der Waals surface area contributed by atoms with E-state index in [1.807, 2.05) is 0 Å². The highest BCUT2D eigenvalue weighted by molar-refractivity contribution is 7.91. The minimum absolute atomic E-state index is 0.127. The molecule has 0 fully saturated rings. The first kappa shape index (κ1) is 15.3. The molecule has 1 heterocycles. The molecule has 1 rings (SSSR count). The van der Waals surface area contributed by atoms with E-state index >= 15 is 0 Å². The Kier molecular flexibility index (Phi) is 5.05. The Morgan fingerprint density at radius 2 is 2.22 bits per heavy atom. The minimum atomic E-state index is -3.72. The van der Waals surface area contributed by atoms with Gasteiger partial charge in [0.2, 0.25) is 0 Å². The van der Waals surface area contributed by atoms with Crippen LogP contribution in [0.4, 0.5) is 5.69 Å². The molecule has 102 valence electrons. The lowest BCUT2D eigenvalue weighted by molar-refractivity contribution is -0.384. The SMILES string of the molecule is CNCCN(C)S(=O)(=O)c1cc([N+](=O)[O-])c(Cl)s1. The molecule has 0 radical (unpaired) electrons. The number of nitrogens with zero attached hydrogens (tertiary/aromatic N) is 2. The summed E-state index contributed by atoms with van der Waals surface area (Å²) in [7, 11) is -0.613. The van der Waals surface area contributed by atoms with Crippen LogP contribution in [0.3, 0.4) is 0 Å². The molecule has 0 unspecified atom stereocenters. The van der Waals surface area contributed by atoms with Crippen LogP contribution in [0.1, 0.15) is 0 Å². The van der Waals surface area contributed by atoms with E-state index in [0.717, 1.165) is 10.4 Å². The van der Waals surface area contributed by atoms with E-state index in [4.69, 9.17) is 11.6 Å². The molecule has 1 N–H and O–H groups in total. The highest BCUT2D eigenvalue weighted by Crippen LogP contribution is 2.37. The molecule has 7 nitrogen and oxygen atoms in total. The van der Waals surface area contributed by atoms with Gasteiger partial charge in [0.15, 0.2) is 4.34 Å². The predicted molar refractivity (Wildman–Crippen MR) is 69.7 cm³/mol. The van der Waals surface area contributed by atoms with Crippen molar-refractivity contribution in [3.05, 3.63) is 20.5 Å². The Morgan fingerprint density at radius 3 is 2.67 bits per heavy atom. The molecule has 0 saturated carbocycles. The maximum atomic E-state index is 12.1. The number of likely N-dealkylation sites (N-methyl/N-ethyl adjacent to an activating group) is 2. The number of hydrogen-bond acceptors (Lipinski definition) is 6. The van der Waals surface area contributed by atoms with Crippen molar-refractivity contribution < 1.29 is 13.3 Å². The van der Waals surface area contributed by atoms with Crippen molar-refractivity contribution in [3.8, 4) is 0 Å². The molecule has 0 amide bonds. The maximum Gasteiger partial charge on any atom is 0.300 e. The van der Waals surface area contributed by atoms with Crippen LogP contribution < -0.4 is 5.32 Å². The molecule has 0 saturated heterocycles. The average Bonchev–Trinajstić information content (AvgIpc) is 2.68. The van der Waals surface area contributed by atoms with E-state index in [9.17, 15) is 18.5 Å². The molecule has 0 aliphatic rings. The van der Waals surface area contributed by atoms with Gasteiger partial charge < -0.3 is 5.32 Å². The fraction of sp³-hybridized carbons (Fsp3) is 0.500. The van der Waals surface area contributed by atoms with E-state index in [1.165, 1.54) is 7.05 Å². The van der Waals surface area contributed by atoms with E-state index < -0.39 is 14.9 Å². The first-order chi connectivity index (χ1) is 8.30. The van der Waals surface area contributed by atoms with Gasteiger partial charge in [-0.05, 0) is 7.05 Å². The number of nitrogens with one attached hydrogen (secondary N) is 1. The number of nitro groups is 1. The van der Waals surface area contributed by atoms with Gasteiger partial charge in [-0.3, -0.25) is 10.1 Å². The van der Waals surface area contributed by atoms with Crippen LogP contribution in [0.2, 0.25) is 4.34 Å². The van der Waals surface area contributed by atoms with Gasteiger partial charge in [-0.2, -0.15) is 4.31 Å².